The molecule has 26 heavy (non-hydrogen) atoms. The standard InChI is InChI=1S/C18H22N4O4/c1-13(2)12-22-16(23)6-5-14(19-22)17(24)20-7-9-21(10-8-20)18(25)15-4-3-11-26-15/h3-6,11,13H,7-10,12H2,1-2H3. The van der Waals surface area contributed by atoms with Gasteiger partial charge in [0.2, 0.25) is 0 Å². The Labute approximate surface area is 151 Å². The number of piperazine rings is 1. The Morgan fingerprint density at radius 2 is 1.73 bits per heavy atom. The van der Waals surface area contributed by atoms with Gasteiger partial charge in [-0.05, 0) is 24.1 Å². The molecule has 8 nitrogen and oxygen atoms in total. The number of amides is 2. The van der Waals surface area contributed by atoms with Crippen molar-refractivity contribution in [3.8, 4) is 0 Å². The second-order valence-electron chi connectivity index (χ2n) is 6.69. The van der Waals surface area contributed by atoms with Crippen molar-refractivity contribution in [3.63, 3.8) is 0 Å². The van der Waals surface area contributed by atoms with Crippen LogP contribution in [0.15, 0.2) is 39.7 Å². The molecular weight excluding hydrogens is 336 g/mol. The molecule has 0 radical (unpaired) electrons. The van der Waals surface area contributed by atoms with Gasteiger partial charge < -0.3 is 14.2 Å². The highest BCUT2D eigenvalue weighted by Crippen LogP contribution is 2.11. The van der Waals surface area contributed by atoms with Crippen molar-refractivity contribution in [2.75, 3.05) is 26.2 Å². The van der Waals surface area contributed by atoms with Gasteiger partial charge >= 0.3 is 0 Å². The molecule has 3 heterocycles. The summed E-state index contributed by atoms with van der Waals surface area (Å²) in [4.78, 5) is 40.1. The smallest absolute Gasteiger partial charge is 0.289 e. The van der Waals surface area contributed by atoms with Crippen LogP contribution in [-0.4, -0.2) is 57.6 Å². The summed E-state index contributed by atoms with van der Waals surface area (Å²) in [5.74, 6) is 0.146. The first-order chi connectivity index (χ1) is 12.5. The van der Waals surface area contributed by atoms with Crippen LogP contribution in [0.5, 0.6) is 0 Å². The normalized spacial score (nSPS) is 14.7. The zero-order chi connectivity index (χ0) is 18.7. The molecule has 138 valence electrons. The van der Waals surface area contributed by atoms with Crippen LogP contribution in [0.4, 0.5) is 0 Å². The van der Waals surface area contributed by atoms with Crippen LogP contribution in [0.3, 0.4) is 0 Å². The van der Waals surface area contributed by atoms with Gasteiger partial charge in [-0.15, -0.1) is 0 Å². The van der Waals surface area contributed by atoms with Crippen molar-refractivity contribution in [1.29, 1.82) is 0 Å². The summed E-state index contributed by atoms with van der Waals surface area (Å²) in [6, 6.07) is 6.13. The molecule has 0 atom stereocenters. The zero-order valence-corrected chi connectivity index (χ0v) is 14.9. The average molecular weight is 358 g/mol. The molecule has 3 rings (SSSR count). The molecular formula is C18H22N4O4. The van der Waals surface area contributed by atoms with Crippen molar-refractivity contribution < 1.29 is 14.0 Å². The lowest BCUT2D eigenvalue weighted by molar-refractivity contribution is 0.0513. The lowest BCUT2D eigenvalue weighted by Crippen LogP contribution is -2.50. The fourth-order valence-electron chi connectivity index (χ4n) is 2.87. The molecule has 2 amide bonds. The summed E-state index contributed by atoms with van der Waals surface area (Å²) in [7, 11) is 0. The number of rotatable bonds is 4. The van der Waals surface area contributed by atoms with Crippen LogP contribution in [0.2, 0.25) is 0 Å². The first-order valence-electron chi connectivity index (χ1n) is 8.66. The fraction of sp³-hybridized carbons (Fsp3) is 0.444. The van der Waals surface area contributed by atoms with E-state index in [1.807, 2.05) is 13.8 Å². The second-order valence-corrected chi connectivity index (χ2v) is 6.69. The molecule has 1 fully saturated rings. The van der Waals surface area contributed by atoms with Gasteiger partial charge in [-0.2, -0.15) is 5.10 Å². The van der Waals surface area contributed by atoms with Crippen molar-refractivity contribution in [2.45, 2.75) is 20.4 Å². The van der Waals surface area contributed by atoms with Crippen LogP contribution in [0, 0.1) is 5.92 Å². The minimum Gasteiger partial charge on any atom is -0.459 e. The zero-order valence-electron chi connectivity index (χ0n) is 14.9. The maximum Gasteiger partial charge on any atom is 0.289 e. The van der Waals surface area contributed by atoms with Crippen LogP contribution in [-0.2, 0) is 6.54 Å². The molecule has 8 heteroatoms. The molecule has 1 aliphatic heterocycles. The topological polar surface area (TPSA) is 88.7 Å². The van der Waals surface area contributed by atoms with Crippen molar-refractivity contribution in [1.82, 2.24) is 19.6 Å². The molecule has 0 N–H and O–H groups in total. The molecule has 0 unspecified atom stereocenters. The molecule has 2 aromatic heterocycles. The molecule has 1 saturated heterocycles. The van der Waals surface area contributed by atoms with Gasteiger partial charge in [0.25, 0.3) is 17.4 Å². The molecule has 0 aliphatic carbocycles. The summed E-state index contributed by atoms with van der Waals surface area (Å²) >= 11 is 0. The van der Waals surface area contributed by atoms with E-state index in [9.17, 15) is 14.4 Å². The van der Waals surface area contributed by atoms with Gasteiger partial charge in [0.1, 0.15) is 5.69 Å². The molecule has 0 aromatic carbocycles. The van der Waals surface area contributed by atoms with Gasteiger partial charge in [0.05, 0.1) is 6.26 Å². The Kier molecular flexibility index (Phi) is 5.20. The van der Waals surface area contributed by atoms with E-state index in [1.165, 1.54) is 23.1 Å². The average Bonchev–Trinajstić information content (AvgIpc) is 3.17. The lowest BCUT2D eigenvalue weighted by atomic mass is 10.2. The molecule has 2 aromatic rings. The van der Waals surface area contributed by atoms with Crippen LogP contribution >= 0.6 is 0 Å². The number of nitrogens with zero attached hydrogens (tertiary/aromatic N) is 4. The SMILES string of the molecule is CC(C)Cn1nc(C(=O)N2CCN(C(=O)c3ccco3)CC2)ccc1=O. The quantitative estimate of drug-likeness (QED) is 0.816. The van der Waals surface area contributed by atoms with E-state index >= 15 is 0 Å². The van der Waals surface area contributed by atoms with Crippen molar-refractivity contribution >= 4 is 11.8 Å². The summed E-state index contributed by atoms with van der Waals surface area (Å²) in [6.45, 7) is 6.11. The highest BCUT2D eigenvalue weighted by molar-refractivity contribution is 5.93. The predicted octanol–water partition coefficient (Wildman–Crippen LogP) is 1.09. The molecule has 0 spiro atoms. The fourth-order valence-corrected chi connectivity index (χ4v) is 2.87. The van der Waals surface area contributed by atoms with Gasteiger partial charge in [0.15, 0.2) is 5.76 Å². The summed E-state index contributed by atoms with van der Waals surface area (Å²) in [6.07, 6.45) is 1.46. The first kappa shape index (κ1) is 17.9. The Morgan fingerprint density at radius 1 is 1.08 bits per heavy atom. The minimum absolute atomic E-state index is 0.175. The summed E-state index contributed by atoms with van der Waals surface area (Å²) in [5, 5.41) is 4.20. The van der Waals surface area contributed by atoms with E-state index in [2.05, 4.69) is 5.10 Å². The number of hydrogen-bond donors (Lipinski definition) is 0. The van der Waals surface area contributed by atoms with Crippen molar-refractivity contribution in [3.05, 3.63) is 52.3 Å². The van der Waals surface area contributed by atoms with E-state index in [4.69, 9.17) is 4.42 Å². The molecule has 0 bridgehead atoms. The monoisotopic (exact) mass is 358 g/mol. The largest absolute Gasteiger partial charge is 0.459 e. The van der Waals surface area contributed by atoms with Crippen LogP contribution in [0.1, 0.15) is 34.9 Å². The van der Waals surface area contributed by atoms with Crippen molar-refractivity contribution in [2.24, 2.45) is 5.92 Å². The maximum absolute atomic E-state index is 12.7. The van der Waals surface area contributed by atoms with E-state index in [-0.39, 0.29) is 29.0 Å². The number of carbonyl (C=O) groups excluding carboxylic acids is 2. The Bertz CT molecular complexity index is 833. The second kappa shape index (κ2) is 7.55. The maximum atomic E-state index is 12.7. The number of furan rings is 1. The van der Waals surface area contributed by atoms with Gasteiger partial charge in [-0.25, -0.2) is 4.68 Å². The van der Waals surface area contributed by atoms with Crippen LogP contribution < -0.4 is 5.56 Å². The predicted molar refractivity (Wildman–Crippen MR) is 93.9 cm³/mol. The highest BCUT2D eigenvalue weighted by Gasteiger charge is 2.27. The third-order valence-corrected chi connectivity index (χ3v) is 4.21. The van der Waals surface area contributed by atoms with Gasteiger partial charge in [-0.1, -0.05) is 13.8 Å². The van der Waals surface area contributed by atoms with E-state index in [0.29, 0.717) is 38.5 Å². The minimum atomic E-state index is -0.229. The summed E-state index contributed by atoms with van der Waals surface area (Å²) < 4.78 is 6.46. The number of carbonyl (C=O) groups is 2. The van der Waals surface area contributed by atoms with Gasteiger partial charge in [-0.3, -0.25) is 14.4 Å². The Morgan fingerprint density at radius 3 is 2.31 bits per heavy atom. The van der Waals surface area contributed by atoms with Crippen LogP contribution in [0.25, 0.3) is 0 Å². The first-order valence-corrected chi connectivity index (χ1v) is 8.66. The lowest BCUT2D eigenvalue weighted by Gasteiger charge is -2.34. The third-order valence-electron chi connectivity index (χ3n) is 4.21. The molecule has 1 aliphatic rings. The number of hydrogen-bond acceptors (Lipinski definition) is 5. The Hall–Kier alpha value is -2.90. The number of aromatic nitrogens is 2. The summed E-state index contributed by atoms with van der Waals surface area (Å²) in [5.41, 5.74) is 0.0279. The highest BCUT2D eigenvalue weighted by atomic mass is 16.3. The van der Waals surface area contributed by atoms with E-state index in [0.717, 1.165) is 0 Å². The third kappa shape index (κ3) is 3.84. The van der Waals surface area contributed by atoms with E-state index in [1.54, 1.807) is 21.9 Å². The Balaban J connectivity index is 1.65. The molecule has 0 saturated carbocycles. The van der Waals surface area contributed by atoms with Gasteiger partial charge in [0, 0.05) is 38.8 Å². The van der Waals surface area contributed by atoms with E-state index < -0.39 is 0 Å².